The standard InChI is InChI=1S/C22H32ClN3O2/c1-3-25(4-2)20(18-7-5-6-8-19(18)23)15-24-21(27)16-11-13-26(14-12-16)22(28)17-9-10-17/h5-8,16-17,20H,3-4,9-15H2,1-2H3,(H,24,27)/t20-/m0/s1. The van der Waals surface area contributed by atoms with Gasteiger partial charge in [0.2, 0.25) is 11.8 Å². The van der Waals surface area contributed by atoms with Crippen LogP contribution >= 0.6 is 11.6 Å². The number of carbonyl (C=O) groups is 2. The Morgan fingerprint density at radius 2 is 1.75 bits per heavy atom. The van der Waals surface area contributed by atoms with Crippen molar-refractivity contribution in [2.24, 2.45) is 11.8 Å². The molecule has 3 rings (SSSR count). The van der Waals surface area contributed by atoms with E-state index >= 15 is 0 Å². The van der Waals surface area contributed by atoms with E-state index in [0.717, 1.165) is 49.4 Å². The summed E-state index contributed by atoms with van der Waals surface area (Å²) in [5, 5.41) is 3.90. The van der Waals surface area contributed by atoms with E-state index in [9.17, 15) is 9.59 Å². The van der Waals surface area contributed by atoms with Gasteiger partial charge in [0, 0.05) is 36.5 Å². The van der Waals surface area contributed by atoms with Gasteiger partial charge in [0.15, 0.2) is 0 Å². The molecule has 1 aromatic carbocycles. The van der Waals surface area contributed by atoms with Gasteiger partial charge >= 0.3 is 0 Å². The van der Waals surface area contributed by atoms with Crippen molar-refractivity contribution in [1.82, 2.24) is 15.1 Å². The zero-order valence-corrected chi connectivity index (χ0v) is 17.8. The van der Waals surface area contributed by atoms with E-state index in [0.29, 0.717) is 25.5 Å². The molecule has 28 heavy (non-hydrogen) atoms. The third-order valence-electron chi connectivity index (χ3n) is 6.09. The third kappa shape index (κ3) is 5.06. The predicted octanol–water partition coefficient (Wildman–Crippen LogP) is 3.49. The first-order chi connectivity index (χ1) is 13.5. The van der Waals surface area contributed by atoms with E-state index in [1.165, 1.54) is 0 Å². The topological polar surface area (TPSA) is 52.7 Å². The van der Waals surface area contributed by atoms with Gasteiger partial charge in [-0.1, -0.05) is 43.6 Å². The van der Waals surface area contributed by atoms with E-state index in [-0.39, 0.29) is 23.8 Å². The third-order valence-corrected chi connectivity index (χ3v) is 6.44. The van der Waals surface area contributed by atoms with Crippen molar-refractivity contribution in [2.45, 2.75) is 45.6 Å². The van der Waals surface area contributed by atoms with E-state index in [1.54, 1.807) is 0 Å². The maximum absolute atomic E-state index is 12.8. The largest absolute Gasteiger partial charge is 0.354 e. The molecule has 0 spiro atoms. The minimum atomic E-state index is -0.00754. The fraction of sp³-hybridized carbons (Fsp3) is 0.636. The van der Waals surface area contributed by atoms with Gasteiger partial charge in [-0.05, 0) is 50.4 Å². The Morgan fingerprint density at radius 1 is 1.11 bits per heavy atom. The molecule has 1 saturated carbocycles. The molecule has 1 atom stereocenters. The van der Waals surface area contributed by atoms with Crippen LogP contribution < -0.4 is 5.32 Å². The van der Waals surface area contributed by atoms with E-state index in [4.69, 9.17) is 11.6 Å². The number of piperidine rings is 1. The van der Waals surface area contributed by atoms with Gasteiger partial charge in [-0.3, -0.25) is 14.5 Å². The van der Waals surface area contributed by atoms with Crippen molar-refractivity contribution in [2.75, 3.05) is 32.7 Å². The smallest absolute Gasteiger partial charge is 0.225 e. The number of rotatable bonds is 8. The second-order valence-corrected chi connectivity index (χ2v) is 8.28. The number of halogens is 1. The first-order valence-electron chi connectivity index (χ1n) is 10.6. The summed E-state index contributed by atoms with van der Waals surface area (Å²) < 4.78 is 0. The SMILES string of the molecule is CCN(CC)[C@@H](CNC(=O)C1CCN(C(=O)C2CC2)CC1)c1ccccc1Cl. The first kappa shape index (κ1) is 21.1. The summed E-state index contributed by atoms with van der Waals surface area (Å²) in [4.78, 5) is 29.2. The lowest BCUT2D eigenvalue weighted by atomic mass is 9.95. The summed E-state index contributed by atoms with van der Waals surface area (Å²) in [5.74, 6) is 0.643. The van der Waals surface area contributed by atoms with Crippen LogP contribution in [-0.2, 0) is 9.59 Å². The normalized spacial score (nSPS) is 18.9. The second kappa shape index (κ2) is 9.75. The molecule has 1 saturated heterocycles. The number of amides is 2. The fourth-order valence-corrected chi connectivity index (χ4v) is 4.40. The summed E-state index contributed by atoms with van der Waals surface area (Å²) in [7, 11) is 0. The molecule has 2 amide bonds. The molecule has 154 valence electrons. The van der Waals surface area contributed by atoms with Crippen LogP contribution in [0.25, 0.3) is 0 Å². The van der Waals surface area contributed by atoms with Crippen molar-refractivity contribution >= 4 is 23.4 Å². The fourth-order valence-electron chi connectivity index (χ4n) is 4.14. The summed E-state index contributed by atoms with van der Waals surface area (Å²) in [6, 6.07) is 7.93. The molecule has 0 unspecified atom stereocenters. The van der Waals surface area contributed by atoms with Gasteiger partial charge in [-0.25, -0.2) is 0 Å². The van der Waals surface area contributed by atoms with Gasteiger partial charge in [-0.2, -0.15) is 0 Å². The predicted molar refractivity (Wildman–Crippen MR) is 112 cm³/mol. The Morgan fingerprint density at radius 3 is 2.32 bits per heavy atom. The maximum Gasteiger partial charge on any atom is 0.225 e. The number of carbonyl (C=O) groups excluding carboxylic acids is 2. The number of likely N-dealkylation sites (tertiary alicyclic amines) is 1. The van der Waals surface area contributed by atoms with E-state index in [2.05, 4.69) is 24.1 Å². The van der Waals surface area contributed by atoms with Crippen molar-refractivity contribution < 1.29 is 9.59 Å². The van der Waals surface area contributed by atoms with Crippen molar-refractivity contribution in [1.29, 1.82) is 0 Å². The molecule has 1 aromatic rings. The second-order valence-electron chi connectivity index (χ2n) is 7.88. The monoisotopic (exact) mass is 405 g/mol. The molecule has 6 heteroatoms. The van der Waals surface area contributed by atoms with Crippen molar-refractivity contribution in [3.05, 3.63) is 34.9 Å². The minimum absolute atomic E-state index is 0.00754. The lowest BCUT2D eigenvalue weighted by Gasteiger charge is -2.33. The van der Waals surface area contributed by atoms with E-state index < -0.39 is 0 Å². The van der Waals surface area contributed by atoms with Crippen LogP contribution in [0.5, 0.6) is 0 Å². The molecule has 1 heterocycles. The first-order valence-corrected chi connectivity index (χ1v) is 11.0. The van der Waals surface area contributed by atoms with Crippen LogP contribution in [0.4, 0.5) is 0 Å². The summed E-state index contributed by atoms with van der Waals surface area (Å²) in [5.41, 5.74) is 1.05. The summed E-state index contributed by atoms with van der Waals surface area (Å²) in [6.45, 7) is 8.00. The molecule has 0 bridgehead atoms. The molecule has 2 fully saturated rings. The molecular formula is C22H32ClN3O2. The van der Waals surface area contributed by atoms with E-state index in [1.807, 2.05) is 29.2 Å². The van der Waals surface area contributed by atoms with Crippen LogP contribution in [0.1, 0.15) is 51.1 Å². The maximum atomic E-state index is 12.8. The van der Waals surface area contributed by atoms with Gasteiger partial charge in [-0.15, -0.1) is 0 Å². The van der Waals surface area contributed by atoms with Crippen LogP contribution in [0.15, 0.2) is 24.3 Å². The molecule has 5 nitrogen and oxygen atoms in total. The van der Waals surface area contributed by atoms with Crippen LogP contribution in [0, 0.1) is 11.8 Å². The summed E-state index contributed by atoms with van der Waals surface area (Å²) >= 11 is 6.44. The zero-order valence-electron chi connectivity index (χ0n) is 17.0. The number of hydrogen-bond donors (Lipinski definition) is 1. The molecule has 0 radical (unpaired) electrons. The number of likely N-dealkylation sites (N-methyl/N-ethyl adjacent to an activating group) is 1. The van der Waals surface area contributed by atoms with Crippen molar-refractivity contribution in [3.63, 3.8) is 0 Å². The number of nitrogens with one attached hydrogen (secondary N) is 1. The number of nitrogens with zero attached hydrogens (tertiary/aromatic N) is 2. The highest BCUT2D eigenvalue weighted by atomic mass is 35.5. The highest BCUT2D eigenvalue weighted by Crippen LogP contribution is 2.32. The molecular weight excluding hydrogens is 374 g/mol. The average molecular weight is 406 g/mol. The Kier molecular flexibility index (Phi) is 7.36. The quantitative estimate of drug-likeness (QED) is 0.720. The van der Waals surface area contributed by atoms with Gasteiger partial charge in [0.1, 0.15) is 0 Å². The number of hydrogen-bond acceptors (Lipinski definition) is 3. The average Bonchev–Trinajstić information content (AvgIpc) is 3.56. The van der Waals surface area contributed by atoms with Gasteiger partial charge in [0.05, 0.1) is 6.04 Å². The number of benzene rings is 1. The molecule has 2 aliphatic rings. The summed E-state index contributed by atoms with van der Waals surface area (Å²) in [6.07, 6.45) is 3.58. The molecule has 1 aliphatic carbocycles. The molecule has 0 aromatic heterocycles. The van der Waals surface area contributed by atoms with Gasteiger partial charge in [0.25, 0.3) is 0 Å². The Bertz CT molecular complexity index is 680. The van der Waals surface area contributed by atoms with Crippen molar-refractivity contribution in [3.8, 4) is 0 Å². The zero-order chi connectivity index (χ0) is 20.1. The highest BCUT2D eigenvalue weighted by molar-refractivity contribution is 6.31. The Hall–Kier alpha value is -1.59. The Labute approximate surface area is 173 Å². The lowest BCUT2D eigenvalue weighted by Crippen LogP contribution is -2.45. The van der Waals surface area contributed by atoms with Crippen LogP contribution in [0.2, 0.25) is 5.02 Å². The Balaban J connectivity index is 1.56. The van der Waals surface area contributed by atoms with Crippen LogP contribution in [0.3, 0.4) is 0 Å². The highest BCUT2D eigenvalue weighted by Gasteiger charge is 2.36. The molecule has 1 N–H and O–H groups in total. The lowest BCUT2D eigenvalue weighted by molar-refractivity contribution is -0.136. The minimum Gasteiger partial charge on any atom is -0.354 e. The molecule has 1 aliphatic heterocycles. The van der Waals surface area contributed by atoms with Gasteiger partial charge < -0.3 is 10.2 Å². The van der Waals surface area contributed by atoms with Crippen LogP contribution in [-0.4, -0.2) is 54.3 Å².